The van der Waals surface area contributed by atoms with Gasteiger partial charge in [0.25, 0.3) is 0 Å². The van der Waals surface area contributed by atoms with Gasteiger partial charge in [0.1, 0.15) is 17.6 Å². The summed E-state index contributed by atoms with van der Waals surface area (Å²) in [6.45, 7) is 2.22. The molecule has 1 unspecified atom stereocenters. The maximum absolute atomic E-state index is 11.6. The molecule has 1 atom stereocenters. The number of pyridine rings is 2. The fourth-order valence-corrected chi connectivity index (χ4v) is 3.87. The van der Waals surface area contributed by atoms with Crippen molar-refractivity contribution in [3.8, 4) is 5.75 Å². The second kappa shape index (κ2) is 12.6. The predicted octanol–water partition coefficient (Wildman–Crippen LogP) is 3.47. The van der Waals surface area contributed by atoms with Gasteiger partial charge in [-0.15, -0.1) is 0 Å². The van der Waals surface area contributed by atoms with Crippen LogP contribution in [0.15, 0.2) is 24.5 Å². The molecule has 3 rings (SSSR count). The van der Waals surface area contributed by atoms with Crippen molar-refractivity contribution in [2.45, 2.75) is 51.1 Å². The lowest BCUT2D eigenvalue weighted by Crippen LogP contribution is -2.37. The molecule has 0 saturated carbocycles. The Morgan fingerprint density at radius 1 is 1.31 bits per heavy atom. The van der Waals surface area contributed by atoms with Crippen LogP contribution in [-0.4, -0.2) is 54.0 Å². The number of hydrogen-bond donors (Lipinski definition) is 3. The number of fused-ring (bicyclic) bond motifs is 1. The van der Waals surface area contributed by atoms with Gasteiger partial charge in [-0.3, -0.25) is 9.78 Å². The summed E-state index contributed by atoms with van der Waals surface area (Å²) in [5.41, 5.74) is 3.08. The third-order valence-corrected chi connectivity index (χ3v) is 5.81. The molecule has 1 aliphatic heterocycles. The summed E-state index contributed by atoms with van der Waals surface area (Å²) in [4.78, 5) is 20.3. The number of hydrogen-bond acceptors (Lipinski definition) is 7. The zero-order chi connectivity index (χ0) is 22.8. The van der Waals surface area contributed by atoms with Gasteiger partial charge in [0.15, 0.2) is 0 Å². The molecule has 9 heteroatoms. The fourth-order valence-electron chi connectivity index (χ4n) is 3.65. The highest BCUT2D eigenvalue weighted by molar-refractivity contribution is 6.31. The van der Waals surface area contributed by atoms with Crippen molar-refractivity contribution < 1.29 is 19.4 Å². The number of anilines is 1. The molecule has 2 aromatic rings. The normalized spacial score (nSPS) is 13.8. The molecule has 0 aromatic carbocycles. The van der Waals surface area contributed by atoms with Gasteiger partial charge in [-0.25, -0.2) is 4.98 Å². The van der Waals surface area contributed by atoms with Crippen molar-refractivity contribution in [2.75, 3.05) is 32.2 Å². The number of aromatic nitrogens is 2. The zero-order valence-electron chi connectivity index (χ0n) is 18.4. The molecule has 0 spiro atoms. The Hall–Kier alpha value is -2.42. The SMILES string of the molecule is COc1cncc(Cl)c1CNC(CCOCCCCc1ccc2c(n1)NCCC2)C(=O)O. The standard InChI is InChI=1S/C23H31ClN4O4/c1-31-21-15-25-14-19(24)18(21)13-27-20(23(29)30)9-12-32-11-3-2-6-17-8-7-16-5-4-10-26-22(16)28-17/h7-8,14-15,20,27H,2-6,9-13H2,1H3,(H,26,28)(H,29,30). The van der Waals surface area contributed by atoms with Crippen LogP contribution in [0, 0.1) is 0 Å². The third-order valence-electron chi connectivity index (χ3n) is 5.48. The van der Waals surface area contributed by atoms with Crippen LogP contribution in [0.3, 0.4) is 0 Å². The highest BCUT2D eigenvalue weighted by atomic mass is 35.5. The van der Waals surface area contributed by atoms with Crippen LogP contribution in [0.25, 0.3) is 0 Å². The lowest BCUT2D eigenvalue weighted by atomic mass is 10.1. The van der Waals surface area contributed by atoms with Gasteiger partial charge in [0, 0.05) is 43.8 Å². The van der Waals surface area contributed by atoms with Gasteiger partial charge < -0.3 is 25.2 Å². The summed E-state index contributed by atoms with van der Waals surface area (Å²) in [5.74, 6) is 0.627. The first kappa shape index (κ1) is 24.2. The van der Waals surface area contributed by atoms with Gasteiger partial charge in [0.2, 0.25) is 0 Å². The number of nitrogens with zero attached hydrogens (tertiary/aromatic N) is 2. The zero-order valence-corrected chi connectivity index (χ0v) is 19.2. The van der Waals surface area contributed by atoms with E-state index in [0.717, 1.165) is 50.2 Å². The molecule has 32 heavy (non-hydrogen) atoms. The van der Waals surface area contributed by atoms with E-state index in [1.807, 2.05) is 0 Å². The van der Waals surface area contributed by atoms with E-state index in [0.29, 0.717) is 36.0 Å². The van der Waals surface area contributed by atoms with Crippen molar-refractivity contribution in [1.82, 2.24) is 15.3 Å². The number of halogens is 1. The number of carboxylic acids is 1. The van der Waals surface area contributed by atoms with Crippen LogP contribution in [-0.2, 0) is 28.9 Å². The minimum Gasteiger partial charge on any atom is -0.495 e. The second-order valence-corrected chi connectivity index (χ2v) is 8.18. The van der Waals surface area contributed by atoms with Crippen molar-refractivity contribution in [3.63, 3.8) is 0 Å². The number of carboxylic acid groups (broad SMARTS) is 1. The van der Waals surface area contributed by atoms with Crippen LogP contribution >= 0.6 is 11.6 Å². The van der Waals surface area contributed by atoms with Gasteiger partial charge in [-0.05, 0) is 50.2 Å². The molecular weight excluding hydrogens is 432 g/mol. The molecule has 0 radical (unpaired) electrons. The predicted molar refractivity (Wildman–Crippen MR) is 123 cm³/mol. The lowest BCUT2D eigenvalue weighted by molar-refractivity contribution is -0.140. The van der Waals surface area contributed by atoms with E-state index in [1.54, 1.807) is 6.20 Å². The minimum atomic E-state index is -0.926. The number of ether oxygens (including phenoxy) is 2. The summed E-state index contributed by atoms with van der Waals surface area (Å²) in [5, 5.41) is 16.3. The van der Waals surface area contributed by atoms with Crippen molar-refractivity contribution in [2.24, 2.45) is 0 Å². The van der Waals surface area contributed by atoms with Gasteiger partial charge in [-0.1, -0.05) is 17.7 Å². The Bertz CT molecular complexity index is 896. The molecule has 0 bridgehead atoms. The second-order valence-electron chi connectivity index (χ2n) is 7.77. The molecule has 3 heterocycles. The number of aryl methyl sites for hydroxylation is 2. The fraction of sp³-hybridized carbons (Fsp3) is 0.522. The molecule has 0 fully saturated rings. The highest BCUT2D eigenvalue weighted by Gasteiger charge is 2.18. The van der Waals surface area contributed by atoms with Crippen LogP contribution in [0.1, 0.15) is 42.5 Å². The monoisotopic (exact) mass is 462 g/mol. The van der Waals surface area contributed by atoms with E-state index in [-0.39, 0.29) is 6.54 Å². The summed E-state index contributed by atoms with van der Waals surface area (Å²) in [6.07, 6.45) is 8.47. The average molecular weight is 463 g/mol. The van der Waals surface area contributed by atoms with E-state index in [1.165, 1.54) is 18.9 Å². The summed E-state index contributed by atoms with van der Waals surface area (Å²) < 4.78 is 10.9. The molecule has 0 aliphatic carbocycles. The molecular formula is C23H31ClN4O4. The van der Waals surface area contributed by atoms with Crippen LogP contribution in [0.2, 0.25) is 5.02 Å². The third kappa shape index (κ3) is 7.05. The Morgan fingerprint density at radius 2 is 2.19 bits per heavy atom. The maximum atomic E-state index is 11.6. The number of rotatable bonds is 13. The lowest BCUT2D eigenvalue weighted by Gasteiger charge is -2.17. The Kier molecular flexibility index (Phi) is 9.52. The Morgan fingerprint density at radius 3 is 3.00 bits per heavy atom. The number of unbranched alkanes of at least 4 members (excludes halogenated alkanes) is 1. The molecule has 2 aromatic heterocycles. The van der Waals surface area contributed by atoms with Crippen molar-refractivity contribution in [1.29, 1.82) is 0 Å². The van der Waals surface area contributed by atoms with E-state index in [9.17, 15) is 9.90 Å². The van der Waals surface area contributed by atoms with E-state index < -0.39 is 12.0 Å². The van der Waals surface area contributed by atoms with E-state index in [4.69, 9.17) is 26.1 Å². The first-order chi connectivity index (χ1) is 15.6. The largest absolute Gasteiger partial charge is 0.495 e. The minimum absolute atomic E-state index is 0.268. The summed E-state index contributed by atoms with van der Waals surface area (Å²) in [6, 6.07) is 3.55. The van der Waals surface area contributed by atoms with Gasteiger partial charge >= 0.3 is 5.97 Å². The Balaban J connectivity index is 1.33. The van der Waals surface area contributed by atoms with Gasteiger partial charge in [0.05, 0.1) is 18.3 Å². The van der Waals surface area contributed by atoms with Crippen LogP contribution in [0.5, 0.6) is 5.75 Å². The molecule has 8 nitrogen and oxygen atoms in total. The number of carbonyl (C=O) groups is 1. The summed E-state index contributed by atoms with van der Waals surface area (Å²) >= 11 is 6.16. The topological polar surface area (TPSA) is 106 Å². The quantitative estimate of drug-likeness (QED) is 0.388. The molecule has 1 aliphatic rings. The van der Waals surface area contributed by atoms with E-state index >= 15 is 0 Å². The summed E-state index contributed by atoms with van der Waals surface area (Å²) in [7, 11) is 1.53. The van der Waals surface area contributed by atoms with Crippen molar-refractivity contribution in [3.05, 3.63) is 46.4 Å². The highest BCUT2D eigenvalue weighted by Crippen LogP contribution is 2.24. The molecule has 3 N–H and O–H groups in total. The van der Waals surface area contributed by atoms with Crippen LogP contribution < -0.4 is 15.4 Å². The van der Waals surface area contributed by atoms with Crippen LogP contribution in [0.4, 0.5) is 5.82 Å². The molecule has 0 amide bonds. The average Bonchev–Trinajstić information content (AvgIpc) is 2.80. The Labute approximate surface area is 193 Å². The maximum Gasteiger partial charge on any atom is 0.320 e. The van der Waals surface area contributed by atoms with Gasteiger partial charge in [-0.2, -0.15) is 0 Å². The molecule has 0 saturated heterocycles. The number of nitrogens with one attached hydrogen (secondary N) is 2. The number of aliphatic carboxylic acids is 1. The van der Waals surface area contributed by atoms with Crippen molar-refractivity contribution >= 4 is 23.4 Å². The van der Waals surface area contributed by atoms with E-state index in [2.05, 4.69) is 27.8 Å². The smallest absolute Gasteiger partial charge is 0.320 e. The molecule has 174 valence electrons. The number of methoxy groups -OCH3 is 1. The first-order valence-electron chi connectivity index (χ1n) is 11.0. The first-order valence-corrected chi connectivity index (χ1v) is 11.4.